The summed E-state index contributed by atoms with van der Waals surface area (Å²) in [6.07, 6.45) is -2.39. The second kappa shape index (κ2) is 8.38. The molecule has 0 saturated heterocycles. The molecule has 0 saturated carbocycles. The number of hydrogen-bond acceptors (Lipinski definition) is 5. The lowest BCUT2D eigenvalue weighted by Crippen LogP contribution is -2.49. The zero-order valence-corrected chi connectivity index (χ0v) is 14.9. The quantitative estimate of drug-likeness (QED) is 0.675. The van der Waals surface area contributed by atoms with E-state index in [0.29, 0.717) is 11.4 Å². The van der Waals surface area contributed by atoms with E-state index in [9.17, 15) is 18.8 Å². The number of carbonyl (C=O) groups is 3. The number of para-hydroxylation sites is 3. The van der Waals surface area contributed by atoms with E-state index < -0.39 is 35.7 Å². The Labute approximate surface area is 160 Å². The Balaban J connectivity index is 1.48. The van der Waals surface area contributed by atoms with E-state index in [2.05, 4.69) is 16.2 Å². The molecule has 0 unspecified atom stereocenters. The molecular weight excluding hydrogens is 369 g/mol. The summed E-state index contributed by atoms with van der Waals surface area (Å²) in [5, 5.41) is 2.64. The van der Waals surface area contributed by atoms with Crippen LogP contribution in [0.5, 0.6) is 11.5 Å². The van der Waals surface area contributed by atoms with Crippen LogP contribution in [0.4, 0.5) is 10.1 Å². The van der Waals surface area contributed by atoms with E-state index >= 15 is 0 Å². The second-order valence-corrected chi connectivity index (χ2v) is 6.02. The summed E-state index contributed by atoms with van der Waals surface area (Å²) in [5.41, 5.74) is 4.88. The van der Waals surface area contributed by atoms with Crippen molar-refractivity contribution < 1.29 is 28.2 Å². The number of halogens is 1. The summed E-state index contributed by atoms with van der Waals surface area (Å²) in [7, 11) is 0. The number of ether oxygens (including phenoxy) is 2. The standard InChI is InChI=1S/C19H18FN3O5/c1-11(27-14-8-4-2-6-12(14)20)18(25)23-22-17(24)10-16-19(26)21-13-7-3-5-9-15(13)28-16/h2-9,11,16H,10H2,1H3,(H,21,26)(H,22,24)(H,23,25)/t11-,16-/m1/s1. The number of amides is 3. The zero-order valence-electron chi connectivity index (χ0n) is 14.9. The maximum atomic E-state index is 13.6. The van der Waals surface area contributed by atoms with Crippen molar-refractivity contribution in [1.82, 2.24) is 10.9 Å². The Bertz CT molecular complexity index is 905. The molecule has 1 aliphatic heterocycles. The fraction of sp³-hybridized carbons (Fsp3) is 0.211. The molecule has 0 aromatic heterocycles. The largest absolute Gasteiger partial charge is 0.478 e. The molecule has 8 nitrogen and oxygen atoms in total. The summed E-state index contributed by atoms with van der Waals surface area (Å²) in [4.78, 5) is 36.0. The number of nitrogens with one attached hydrogen (secondary N) is 3. The highest BCUT2D eigenvalue weighted by Gasteiger charge is 2.29. The first-order valence-electron chi connectivity index (χ1n) is 8.50. The van der Waals surface area contributed by atoms with Gasteiger partial charge in [-0.15, -0.1) is 0 Å². The van der Waals surface area contributed by atoms with Crippen molar-refractivity contribution in [2.75, 3.05) is 5.32 Å². The van der Waals surface area contributed by atoms with E-state index in [4.69, 9.17) is 9.47 Å². The van der Waals surface area contributed by atoms with Gasteiger partial charge in [-0.05, 0) is 31.2 Å². The fourth-order valence-electron chi connectivity index (χ4n) is 2.46. The van der Waals surface area contributed by atoms with Gasteiger partial charge >= 0.3 is 0 Å². The average molecular weight is 387 g/mol. The van der Waals surface area contributed by atoms with E-state index in [1.54, 1.807) is 30.3 Å². The van der Waals surface area contributed by atoms with Crippen molar-refractivity contribution in [3.05, 3.63) is 54.3 Å². The Morgan fingerprint density at radius 3 is 2.68 bits per heavy atom. The third-order valence-corrected chi connectivity index (χ3v) is 3.91. The molecule has 2 aromatic rings. The van der Waals surface area contributed by atoms with Crippen LogP contribution in [0.3, 0.4) is 0 Å². The zero-order chi connectivity index (χ0) is 20.1. The molecule has 2 aromatic carbocycles. The molecule has 9 heteroatoms. The van der Waals surface area contributed by atoms with Gasteiger partial charge in [0.1, 0.15) is 5.75 Å². The van der Waals surface area contributed by atoms with Gasteiger partial charge < -0.3 is 14.8 Å². The molecule has 0 bridgehead atoms. The summed E-state index contributed by atoms with van der Waals surface area (Å²) in [6.45, 7) is 1.41. The van der Waals surface area contributed by atoms with Gasteiger partial charge in [0.2, 0.25) is 5.91 Å². The molecular formula is C19H18FN3O5. The van der Waals surface area contributed by atoms with Crippen molar-refractivity contribution in [3.63, 3.8) is 0 Å². The van der Waals surface area contributed by atoms with Crippen molar-refractivity contribution >= 4 is 23.4 Å². The smallest absolute Gasteiger partial charge is 0.279 e. The van der Waals surface area contributed by atoms with Crippen LogP contribution in [0, 0.1) is 5.82 Å². The molecule has 3 rings (SSSR count). The highest BCUT2D eigenvalue weighted by atomic mass is 19.1. The van der Waals surface area contributed by atoms with Crippen LogP contribution in [0.1, 0.15) is 13.3 Å². The van der Waals surface area contributed by atoms with E-state index in [1.807, 2.05) is 0 Å². The first-order chi connectivity index (χ1) is 13.4. The normalized spacial score (nSPS) is 16.1. The lowest BCUT2D eigenvalue weighted by atomic mass is 10.1. The Morgan fingerprint density at radius 1 is 1.18 bits per heavy atom. The minimum Gasteiger partial charge on any atom is -0.478 e. The molecule has 146 valence electrons. The number of benzene rings is 2. The molecule has 0 spiro atoms. The fourth-order valence-corrected chi connectivity index (χ4v) is 2.46. The number of hydrazine groups is 1. The Hall–Kier alpha value is -3.62. The monoisotopic (exact) mass is 387 g/mol. The van der Waals surface area contributed by atoms with Gasteiger partial charge in [0.05, 0.1) is 12.1 Å². The maximum absolute atomic E-state index is 13.6. The molecule has 0 aliphatic carbocycles. The van der Waals surface area contributed by atoms with Gasteiger partial charge in [0.25, 0.3) is 11.8 Å². The molecule has 0 fully saturated rings. The summed E-state index contributed by atoms with van der Waals surface area (Å²) in [6, 6.07) is 12.5. The third-order valence-electron chi connectivity index (χ3n) is 3.91. The highest BCUT2D eigenvalue weighted by molar-refractivity contribution is 6.00. The topological polar surface area (TPSA) is 106 Å². The van der Waals surface area contributed by atoms with Crippen molar-refractivity contribution in [1.29, 1.82) is 0 Å². The third kappa shape index (κ3) is 4.56. The summed E-state index contributed by atoms with van der Waals surface area (Å²) < 4.78 is 24.3. The number of fused-ring (bicyclic) bond motifs is 1. The van der Waals surface area contributed by atoms with Crippen LogP contribution in [0.15, 0.2) is 48.5 Å². The van der Waals surface area contributed by atoms with Gasteiger partial charge in [-0.2, -0.15) is 0 Å². The molecule has 0 radical (unpaired) electrons. The SMILES string of the molecule is C[C@@H](Oc1ccccc1F)C(=O)NNC(=O)C[C@H]1Oc2ccccc2NC1=O. The summed E-state index contributed by atoms with van der Waals surface area (Å²) >= 11 is 0. The van der Waals surface area contributed by atoms with Crippen molar-refractivity contribution in [2.45, 2.75) is 25.6 Å². The number of carbonyl (C=O) groups excluding carboxylic acids is 3. The van der Waals surface area contributed by atoms with Crippen molar-refractivity contribution in [3.8, 4) is 11.5 Å². The number of rotatable bonds is 5. The number of hydrogen-bond donors (Lipinski definition) is 3. The first-order valence-corrected chi connectivity index (χ1v) is 8.50. The van der Waals surface area contributed by atoms with Gasteiger partial charge in [0.15, 0.2) is 23.8 Å². The predicted molar refractivity (Wildman–Crippen MR) is 96.9 cm³/mol. The minimum atomic E-state index is -1.06. The molecule has 1 heterocycles. The van der Waals surface area contributed by atoms with Crippen LogP contribution in [-0.4, -0.2) is 29.9 Å². The van der Waals surface area contributed by atoms with Gasteiger partial charge in [0, 0.05) is 0 Å². The van der Waals surface area contributed by atoms with Crippen LogP contribution in [0.2, 0.25) is 0 Å². The molecule has 28 heavy (non-hydrogen) atoms. The van der Waals surface area contributed by atoms with Crippen LogP contribution in [0.25, 0.3) is 0 Å². The van der Waals surface area contributed by atoms with E-state index in [-0.39, 0.29) is 12.2 Å². The second-order valence-electron chi connectivity index (χ2n) is 6.02. The van der Waals surface area contributed by atoms with Gasteiger partial charge in [-0.3, -0.25) is 25.2 Å². The average Bonchev–Trinajstić information content (AvgIpc) is 2.68. The lowest BCUT2D eigenvalue weighted by molar-refractivity contribution is -0.135. The minimum absolute atomic E-state index is 0.0811. The number of anilines is 1. The molecule has 1 aliphatic rings. The molecule has 3 amide bonds. The van der Waals surface area contributed by atoms with Crippen molar-refractivity contribution in [2.24, 2.45) is 0 Å². The van der Waals surface area contributed by atoms with Crippen LogP contribution in [-0.2, 0) is 14.4 Å². The van der Waals surface area contributed by atoms with Crippen LogP contribution >= 0.6 is 0 Å². The Morgan fingerprint density at radius 2 is 1.89 bits per heavy atom. The molecule has 3 N–H and O–H groups in total. The molecule has 2 atom stereocenters. The highest BCUT2D eigenvalue weighted by Crippen LogP contribution is 2.29. The van der Waals surface area contributed by atoms with Gasteiger partial charge in [-0.25, -0.2) is 4.39 Å². The summed E-state index contributed by atoms with van der Waals surface area (Å²) in [5.74, 6) is -2.01. The van der Waals surface area contributed by atoms with E-state index in [1.165, 1.54) is 25.1 Å². The van der Waals surface area contributed by atoms with E-state index in [0.717, 1.165) is 0 Å². The lowest BCUT2D eigenvalue weighted by Gasteiger charge is -2.25. The maximum Gasteiger partial charge on any atom is 0.279 e. The predicted octanol–water partition coefficient (Wildman–Crippen LogP) is 1.53. The van der Waals surface area contributed by atoms with Crippen LogP contribution < -0.4 is 25.6 Å². The van der Waals surface area contributed by atoms with Gasteiger partial charge in [-0.1, -0.05) is 24.3 Å². The Kier molecular flexibility index (Phi) is 5.73. The first kappa shape index (κ1) is 19.2.